The summed E-state index contributed by atoms with van der Waals surface area (Å²) in [5.74, 6) is -2.70. The maximum atomic E-state index is 14.8. The zero-order valence-electron chi connectivity index (χ0n) is 24.7. The average molecular weight is 604 g/mol. The number of aliphatic hydroxyl groups excluding tert-OH is 1. The summed E-state index contributed by atoms with van der Waals surface area (Å²) >= 11 is 6.65. The van der Waals surface area contributed by atoms with Crippen LogP contribution < -0.4 is 4.90 Å². The van der Waals surface area contributed by atoms with Crippen LogP contribution in [0.25, 0.3) is 0 Å². The van der Waals surface area contributed by atoms with E-state index in [1.165, 1.54) is 4.90 Å². The minimum absolute atomic E-state index is 0.101. The molecule has 2 aromatic carbocycles. The summed E-state index contributed by atoms with van der Waals surface area (Å²) in [6, 6.07) is 13.5. The first kappa shape index (κ1) is 29.6. The molecule has 2 saturated heterocycles. The summed E-state index contributed by atoms with van der Waals surface area (Å²) < 4.78 is 6.79. The molecule has 0 radical (unpaired) electrons. The first-order valence-electron chi connectivity index (χ1n) is 15.1. The number of nitrogens with zero attached hydrogens (tertiary/aromatic N) is 3. The van der Waals surface area contributed by atoms with Gasteiger partial charge in [-0.2, -0.15) is 0 Å². The summed E-state index contributed by atoms with van der Waals surface area (Å²) in [4.78, 5) is 48.7. The lowest BCUT2D eigenvalue weighted by Gasteiger charge is -2.40. The second-order valence-corrected chi connectivity index (χ2v) is 12.5. The van der Waals surface area contributed by atoms with E-state index in [0.29, 0.717) is 30.2 Å². The number of para-hydroxylation sites is 1. The first-order chi connectivity index (χ1) is 20.7. The van der Waals surface area contributed by atoms with E-state index in [0.717, 1.165) is 11.1 Å². The topological polar surface area (TPSA) is 90.4 Å². The minimum atomic E-state index is -1.38. The fourth-order valence-corrected chi connectivity index (χ4v) is 7.74. The van der Waals surface area contributed by atoms with E-state index in [2.05, 4.69) is 0 Å². The van der Waals surface area contributed by atoms with Crippen LogP contribution in [-0.4, -0.2) is 76.1 Å². The molecule has 2 fully saturated rings. The van der Waals surface area contributed by atoms with Crippen molar-refractivity contribution in [3.05, 3.63) is 89.0 Å². The average Bonchev–Trinajstić information content (AvgIpc) is 3.32. The molecule has 1 N–H and O–H groups in total. The number of rotatable bonds is 7. The van der Waals surface area contributed by atoms with E-state index in [-0.39, 0.29) is 36.8 Å². The van der Waals surface area contributed by atoms with Gasteiger partial charge in [0.05, 0.1) is 41.3 Å². The number of hydrogen-bond donors (Lipinski definition) is 1. The molecular formula is C34H38ClN3O5. The van der Waals surface area contributed by atoms with Gasteiger partial charge in [-0.15, -0.1) is 0 Å². The van der Waals surface area contributed by atoms with Crippen LogP contribution in [0.4, 0.5) is 5.69 Å². The van der Waals surface area contributed by atoms with Gasteiger partial charge in [-0.1, -0.05) is 98.6 Å². The Morgan fingerprint density at radius 1 is 1.02 bits per heavy atom. The van der Waals surface area contributed by atoms with Crippen molar-refractivity contribution in [2.24, 2.45) is 17.8 Å². The second kappa shape index (κ2) is 11.6. The number of anilines is 1. The van der Waals surface area contributed by atoms with Crippen molar-refractivity contribution in [3.8, 4) is 0 Å². The fourth-order valence-electron chi connectivity index (χ4n) is 7.41. The highest BCUT2D eigenvalue weighted by atomic mass is 35.5. The highest BCUT2D eigenvalue weighted by Gasteiger charge is 2.72. The number of carbonyl (C=O) groups excluding carboxylic acids is 3. The van der Waals surface area contributed by atoms with E-state index >= 15 is 0 Å². The van der Waals surface area contributed by atoms with Crippen molar-refractivity contribution >= 4 is 35.0 Å². The Morgan fingerprint density at radius 3 is 2.49 bits per heavy atom. The third kappa shape index (κ3) is 4.71. The van der Waals surface area contributed by atoms with Crippen LogP contribution in [0.5, 0.6) is 0 Å². The molecule has 1 spiro atoms. The Hall–Kier alpha value is -3.46. The SMILES string of the molecule is CC[C@H](C)[C@H](CO)N1C(=O)[C@@H]2[C@@H]3C(=O)N(Cc4ccccc4)CC=C[C@@H]3O[C@@]23C=CCN(c2c(C)cccc2Cl)C(=O)C13. The van der Waals surface area contributed by atoms with Gasteiger partial charge in [0.15, 0.2) is 0 Å². The number of hydrogen-bond acceptors (Lipinski definition) is 5. The summed E-state index contributed by atoms with van der Waals surface area (Å²) in [6.45, 7) is 6.56. The molecule has 0 aliphatic carbocycles. The molecule has 4 aliphatic heterocycles. The lowest BCUT2D eigenvalue weighted by molar-refractivity contribution is -0.148. The van der Waals surface area contributed by atoms with E-state index in [1.54, 1.807) is 15.9 Å². The van der Waals surface area contributed by atoms with Gasteiger partial charge in [-0.3, -0.25) is 14.4 Å². The Kier molecular flexibility index (Phi) is 7.96. The summed E-state index contributed by atoms with van der Waals surface area (Å²) in [6.07, 6.45) is 7.48. The van der Waals surface area contributed by atoms with Crippen molar-refractivity contribution in [2.75, 3.05) is 24.6 Å². The molecule has 8 nitrogen and oxygen atoms in total. The van der Waals surface area contributed by atoms with E-state index in [1.807, 2.05) is 87.5 Å². The number of fused-ring (bicyclic) bond motifs is 2. The summed E-state index contributed by atoms with van der Waals surface area (Å²) in [5, 5.41) is 11.1. The van der Waals surface area contributed by atoms with Gasteiger partial charge in [0.1, 0.15) is 11.6 Å². The predicted octanol–water partition coefficient (Wildman–Crippen LogP) is 4.14. The van der Waals surface area contributed by atoms with Gasteiger partial charge < -0.3 is 24.5 Å². The van der Waals surface area contributed by atoms with Crippen molar-refractivity contribution in [1.82, 2.24) is 9.80 Å². The minimum Gasteiger partial charge on any atom is -0.394 e. The maximum Gasteiger partial charge on any atom is 0.253 e. The number of aryl methyl sites for hydroxylation is 1. The lowest BCUT2D eigenvalue weighted by atomic mass is 9.77. The zero-order chi connectivity index (χ0) is 30.5. The molecule has 6 rings (SSSR count). The Bertz CT molecular complexity index is 1460. The van der Waals surface area contributed by atoms with Crippen LogP contribution in [0.3, 0.4) is 0 Å². The van der Waals surface area contributed by atoms with Crippen LogP contribution in [0, 0.1) is 24.7 Å². The van der Waals surface area contributed by atoms with Gasteiger partial charge >= 0.3 is 0 Å². The fraction of sp³-hybridized carbons (Fsp3) is 0.441. The van der Waals surface area contributed by atoms with Crippen LogP contribution in [0.15, 0.2) is 72.8 Å². The quantitative estimate of drug-likeness (QED) is 0.481. The predicted molar refractivity (Wildman–Crippen MR) is 164 cm³/mol. The molecule has 9 heteroatoms. The van der Waals surface area contributed by atoms with Crippen molar-refractivity contribution in [3.63, 3.8) is 0 Å². The van der Waals surface area contributed by atoms with Crippen LogP contribution in [-0.2, 0) is 25.7 Å². The van der Waals surface area contributed by atoms with Crippen LogP contribution in [0.2, 0.25) is 5.02 Å². The number of halogens is 1. The standard InChI is InChI=1S/C34H38ClN3O5/c1-4-21(2)25(20-39)38-30-33(42)37(29-22(3)11-8-14-24(29)35)18-10-16-34(30)28(32(38)41)27-26(43-34)15-9-17-36(31(27)40)19-23-12-6-5-7-13-23/h5-16,21,25-28,30,39H,4,17-20H2,1-3H3/t21-,25-,26-,27+,28-,30?,34-/m0/s1. The number of amides is 3. The molecule has 0 aromatic heterocycles. The number of aliphatic hydroxyl groups is 1. The molecule has 226 valence electrons. The van der Waals surface area contributed by atoms with E-state index < -0.39 is 35.6 Å². The van der Waals surface area contributed by atoms with Gasteiger partial charge in [0.25, 0.3) is 5.91 Å². The first-order valence-corrected chi connectivity index (χ1v) is 15.5. The Morgan fingerprint density at radius 2 is 1.79 bits per heavy atom. The number of ether oxygens (including phenoxy) is 1. The van der Waals surface area contributed by atoms with Gasteiger partial charge in [-0.25, -0.2) is 0 Å². The molecule has 43 heavy (non-hydrogen) atoms. The molecule has 0 saturated carbocycles. The molecule has 0 bridgehead atoms. The Labute approximate surface area is 257 Å². The molecule has 1 unspecified atom stereocenters. The number of carbonyl (C=O) groups is 3. The highest BCUT2D eigenvalue weighted by Crippen LogP contribution is 2.55. The molecule has 7 atom stereocenters. The summed E-state index contributed by atoms with van der Waals surface area (Å²) in [5.41, 5.74) is 1.00. The third-order valence-corrected chi connectivity index (χ3v) is 10.0. The highest BCUT2D eigenvalue weighted by molar-refractivity contribution is 6.34. The molecule has 2 aromatic rings. The second-order valence-electron chi connectivity index (χ2n) is 12.1. The van der Waals surface area contributed by atoms with Gasteiger partial charge in [0.2, 0.25) is 11.8 Å². The third-order valence-electron chi connectivity index (χ3n) is 9.70. The monoisotopic (exact) mass is 603 g/mol. The van der Waals surface area contributed by atoms with Crippen LogP contribution in [0.1, 0.15) is 31.4 Å². The van der Waals surface area contributed by atoms with Crippen molar-refractivity contribution < 1.29 is 24.2 Å². The number of likely N-dealkylation sites (tertiary alicyclic amines) is 1. The number of benzene rings is 2. The Balaban J connectivity index is 1.46. The van der Waals surface area contributed by atoms with Crippen molar-refractivity contribution in [2.45, 2.75) is 57.5 Å². The largest absolute Gasteiger partial charge is 0.394 e. The van der Waals surface area contributed by atoms with Crippen molar-refractivity contribution in [1.29, 1.82) is 0 Å². The van der Waals surface area contributed by atoms with E-state index in [9.17, 15) is 19.5 Å². The molecule has 4 heterocycles. The van der Waals surface area contributed by atoms with Gasteiger partial charge in [-0.05, 0) is 30.0 Å². The normalized spacial score (nSPS) is 29.7. The lowest BCUT2D eigenvalue weighted by Crippen LogP contribution is -2.59. The summed E-state index contributed by atoms with van der Waals surface area (Å²) in [7, 11) is 0. The molecule has 4 aliphatic rings. The zero-order valence-corrected chi connectivity index (χ0v) is 25.5. The smallest absolute Gasteiger partial charge is 0.253 e. The molecule has 3 amide bonds. The maximum absolute atomic E-state index is 14.8. The van der Waals surface area contributed by atoms with E-state index in [4.69, 9.17) is 16.3 Å². The van der Waals surface area contributed by atoms with Crippen LogP contribution >= 0.6 is 11.6 Å². The molecular weight excluding hydrogens is 566 g/mol. The van der Waals surface area contributed by atoms with Gasteiger partial charge in [0, 0.05) is 19.6 Å².